The summed E-state index contributed by atoms with van der Waals surface area (Å²) in [6, 6.07) is 13.6. The quantitative estimate of drug-likeness (QED) is 0.639. The van der Waals surface area contributed by atoms with Gasteiger partial charge in [-0.15, -0.1) is 0 Å². The second-order valence-corrected chi connectivity index (χ2v) is 4.54. The highest BCUT2D eigenvalue weighted by Crippen LogP contribution is 2.30. The van der Waals surface area contributed by atoms with E-state index in [1.54, 1.807) is 48.5 Å². The van der Waals surface area contributed by atoms with E-state index >= 15 is 0 Å². The van der Waals surface area contributed by atoms with E-state index in [-0.39, 0.29) is 18.6 Å². The van der Waals surface area contributed by atoms with Crippen LogP contribution in [0.5, 0.6) is 5.75 Å². The molecule has 0 aliphatic carbocycles. The summed E-state index contributed by atoms with van der Waals surface area (Å²) in [6.07, 6.45) is 0. The molecule has 5 heteroatoms. The van der Waals surface area contributed by atoms with Gasteiger partial charge >= 0.3 is 0 Å². The summed E-state index contributed by atoms with van der Waals surface area (Å²) in [5, 5.41) is 0. The van der Waals surface area contributed by atoms with Crippen LogP contribution in [0.15, 0.2) is 48.5 Å². The maximum absolute atomic E-state index is 12.4. The number of anilines is 1. The highest BCUT2D eigenvalue weighted by Gasteiger charge is 2.36. The van der Waals surface area contributed by atoms with E-state index in [4.69, 9.17) is 9.47 Å². The first-order valence-corrected chi connectivity index (χ1v) is 6.42. The molecule has 0 saturated heterocycles. The molecule has 5 nitrogen and oxygen atoms in total. The van der Waals surface area contributed by atoms with Crippen molar-refractivity contribution in [3.8, 4) is 5.75 Å². The monoisotopic (exact) mass is 283 g/mol. The fourth-order valence-electron chi connectivity index (χ4n) is 2.26. The Morgan fingerprint density at radius 2 is 1.62 bits per heavy atom. The molecule has 1 aliphatic rings. The van der Waals surface area contributed by atoms with Gasteiger partial charge in [-0.25, -0.2) is 4.90 Å². The van der Waals surface area contributed by atoms with Gasteiger partial charge in [-0.05, 0) is 24.3 Å². The summed E-state index contributed by atoms with van der Waals surface area (Å²) in [4.78, 5) is 25.9. The molecule has 0 aromatic heterocycles. The number of imide groups is 1. The molecule has 2 aromatic rings. The lowest BCUT2D eigenvalue weighted by atomic mass is 10.1. The lowest BCUT2D eigenvalue weighted by molar-refractivity contribution is 0.0511. The molecule has 1 heterocycles. The van der Waals surface area contributed by atoms with Crippen molar-refractivity contribution >= 4 is 17.5 Å². The minimum absolute atomic E-state index is 0.103. The van der Waals surface area contributed by atoms with Gasteiger partial charge in [-0.2, -0.15) is 0 Å². The summed E-state index contributed by atoms with van der Waals surface area (Å²) in [5.41, 5.74) is 1.33. The lowest BCUT2D eigenvalue weighted by Crippen LogP contribution is -2.29. The van der Waals surface area contributed by atoms with Crippen molar-refractivity contribution in [2.24, 2.45) is 0 Å². The largest absolute Gasteiger partial charge is 0.467 e. The Bertz CT molecular complexity index is 676. The second kappa shape index (κ2) is 5.38. The summed E-state index contributed by atoms with van der Waals surface area (Å²) in [6.45, 7) is 0.103. The zero-order valence-corrected chi connectivity index (χ0v) is 11.4. The van der Waals surface area contributed by atoms with Gasteiger partial charge in [-0.1, -0.05) is 18.2 Å². The van der Waals surface area contributed by atoms with Gasteiger partial charge in [-0.3, -0.25) is 9.59 Å². The van der Waals surface area contributed by atoms with Gasteiger partial charge in [0.1, 0.15) is 5.75 Å². The molecule has 1 aliphatic heterocycles. The van der Waals surface area contributed by atoms with E-state index in [9.17, 15) is 9.59 Å². The number of carbonyl (C=O) groups is 2. The van der Waals surface area contributed by atoms with Gasteiger partial charge < -0.3 is 9.47 Å². The summed E-state index contributed by atoms with van der Waals surface area (Å²) in [7, 11) is 1.52. The number of ether oxygens (including phenoxy) is 2. The third kappa shape index (κ3) is 2.28. The van der Waals surface area contributed by atoms with Crippen LogP contribution in [0.3, 0.4) is 0 Å². The van der Waals surface area contributed by atoms with Gasteiger partial charge in [0, 0.05) is 13.2 Å². The first-order valence-electron chi connectivity index (χ1n) is 6.42. The Morgan fingerprint density at radius 3 is 2.24 bits per heavy atom. The van der Waals surface area contributed by atoms with Crippen molar-refractivity contribution in [2.45, 2.75) is 0 Å². The molecule has 0 spiro atoms. The Kier molecular flexibility index (Phi) is 3.41. The van der Waals surface area contributed by atoms with Crippen LogP contribution in [-0.4, -0.2) is 25.7 Å². The molecule has 0 fully saturated rings. The molecule has 0 bridgehead atoms. The van der Waals surface area contributed by atoms with Crippen molar-refractivity contribution in [1.29, 1.82) is 0 Å². The minimum atomic E-state index is -0.320. The Balaban J connectivity index is 1.95. The molecule has 21 heavy (non-hydrogen) atoms. The van der Waals surface area contributed by atoms with Crippen molar-refractivity contribution in [3.63, 3.8) is 0 Å². The highest BCUT2D eigenvalue weighted by molar-refractivity contribution is 6.34. The number of hydrogen-bond acceptors (Lipinski definition) is 4. The number of amides is 2. The molecule has 106 valence electrons. The van der Waals surface area contributed by atoms with Gasteiger partial charge in [0.05, 0.1) is 16.8 Å². The number of benzene rings is 2. The fourth-order valence-corrected chi connectivity index (χ4v) is 2.26. The number of carbonyl (C=O) groups excluding carboxylic acids is 2. The molecular weight excluding hydrogens is 270 g/mol. The first kappa shape index (κ1) is 13.3. The maximum Gasteiger partial charge on any atom is 0.266 e. The molecule has 2 aromatic carbocycles. The number of nitrogens with zero attached hydrogens (tertiary/aromatic N) is 1. The van der Waals surface area contributed by atoms with E-state index in [1.807, 2.05) is 0 Å². The van der Waals surface area contributed by atoms with Crippen molar-refractivity contribution < 1.29 is 19.1 Å². The van der Waals surface area contributed by atoms with Gasteiger partial charge in [0.15, 0.2) is 6.79 Å². The molecule has 0 unspecified atom stereocenters. The zero-order valence-electron chi connectivity index (χ0n) is 11.4. The second-order valence-electron chi connectivity index (χ2n) is 4.54. The average Bonchev–Trinajstić information content (AvgIpc) is 2.78. The van der Waals surface area contributed by atoms with Gasteiger partial charge in [0.25, 0.3) is 11.8 Å². The average molecular weight is 283 g/mol. The van der Waals surface area contributed by atoms with E-state index in [1.165, 1.54) is 7.11 Å². The predicted molar refractivity (Wildman–Crippen MR) is 76.5 cm³/mol. The van der Waals surface area contributed by atoms with Crippen LogP contribution < -0.4 is 9.64 Å². The third-order valence-electron chi connectivity index (χ3n) is 3.21. The Labute approximate surface area is 121 Å². The van der Waals surface area contributed by atoms with Gasteiger partial charge in [0.2, 0.25) is 0 Å². The third-order valence-corrected chi connectivity index (χ3v) is 3.21. The predicted octanol–water partition coefficient (Wildman–Crippen LogP) is 2.47. The lowest BCUT2D eigenvalue weighted by Gasteiger charge is -2.15. The van der Waals surface area contributed by atoms with Crippen molar-refractivity contribution in [3.05, 3.63) is 59.7 Å². The first-order chi connectivity index (χ1) is 10.2. The molecule has 0 atom stereocenters. The van der Waals surface area contributed by atoms with Crippen molar-refractivity contribution in [2.75, 3.05) is 18.8 Å². The highest BCUT2D eigenvalue weighted by atomic mass is 16.7. The van der Waals surface area contributed by atoms with E-state index < -0.39 is 0 Å². The van der Waals surface area contributed by atoms with E-state index in [0.717, 1.165) is 4.90 Å². The van der Waals surface area contributed by atoms with Crippen LogP contribution in [0, 0.1) is 0 Å². The summed E-state index contributed by atoms with van der Waals surface area (Å²) >= 11 is 0. The van der Waals surface area contributed by atoms with Crippen molar-refractivity contribution in [1.82, 2.24) is 0 Å². The normalized spacial score (nSPS) is 13.5. The molecule has 2 amide bonds. The SMILES string of the molecule is COCOc1cccc(N2C(=O)c3ccccc3C2=O)c1. The maximum atomic E-state index is 12.4. The van der Waals surface area contributed by atoms with Crippen LogP contribution in [0.25, 0.3) is 0 Å². The van der Waals surface area contributed by atoms with Crippen LogP contribution >= 0.6 is 0 Å². The standard InChI is InChI=1S/C16H13NO4/c1-20-10-21-12-6-4-5-11(9-12)17-15(18)13-7-2-3-8-14(13)16(17)19/h2-9H,10H2,1H3. The number of fused-ring (bicyclic) bond motifs is 1. The Morgan fingerprint density at radius 1 is 0.952 bits per heavy atom. The molecule has 0 saturated carbocycles. The van der Waals surface area contributed by atoms with E-state index in [0.29, 0.717) is 22.6 Å². The number of methoxy groups -OCH3 is 1. The summed E-state index contributed by atoms with van der Waals surface area (Å²) < 4.78 is 10.2. The van der Waals surface area contributed by atoms with Crippen LogP contribution in [0.2, 0.25) is 0 Å². The minimum Gasteiger partial charge on any atom is -0.467 e. The Hall–Kier alpha value is -2.66. The molecule has 3 rings (SSSR count). The molecule has 0 radical (unpaired) electrons. The molecule has 0 N–H and O–H groups in total. The van der Waals surface area contributed by atoms with Crippen LogP contribution in [0.1, 0.15) is 20.7 Å². The number of rotatable bonds is 4. The van der Waals surface area contributed by atoms with E-state index in [2.05, 4.69) is 0 Å². The van der Waals surface area contributed by atoms with Crippen LogP contribution in [-0.2, 0) is 4.74 Å². The zero-order chi connectivity index (χ0) is 14.8. The topological polar surface area (TPSA) is 55.8 Å². The summed E-state index contributed by atoms with van der Waals surface area (Å²) in [5.74, 6) is -0.107. The molecular formula is C16H13NO4. The smallest absolute Gasteiger partial charge is 0.266 e. The van der Waals surface area contributed by atoms with Crippen LogP contribution in [0.4, 0.5) is 5.69 Å². The number of hydrogen-bond donors (Lipinski definition) is 0. The fraction of sp³-hybridized carbons (Fsp3) is 0.125.